The number of benzene rings is 1. The molecule has 0 saturated heterocycles. The van der Waals surface area contributed by atoms with E-state index in [1.165, 1.54) is 24.3 Å². The SMILES string of the molecule is O=S(=O)(OCC(F)F)c1ccccc1. The van der Waals surface area contributed by atoms with Crippen molar-refractivity contribution in [3.63, 3.8) is 0 Å². The van der Waals surface area contributed by atoms with Crippen LogP contribution >= 0.6 is 0 Å². The Morgan fingerprint density at radius 3 is 2.29 bits per heavy atom. The normalized spacial score (nSPS) is 11.9. The molecule has 1 rings (SSSR count). The van der Waals surface area contributed by atoms with Crippen LogP contribution in [0.25, 0.3) is 0 Å². The molecule has 0 aliphatic heterocycles. The summed E-state index contributed by atoms with van der Waals surface area (Å²) in [6.45, 7) is -1.11. The molecular formula is C8H8F2O3S. The second-order valence-electron chi connectivity index (χ2n) is 2.44. The van der Waals surface area contributed by atoms with E-state index < -0.39 is 23.2 Å². The van der Waals surface area contributed by atoms with Crippen LogP contribution in [0, 0.1) is 0 Å². The lowest BCUT2D eigenvalue weighted by atomic mass is 10.4. The fourth-order valence-corrected chi connectivity index (χ4v) is 1.70. The highest BCUT2D eigenvalue weighted by atomic mass is 32.2. The molecular weight excluding hydrogens is 214 g/mol. The molecule has 3 nitrogen and oxygen atoms in total. The lowest BCUT2D eigenvalue weighted by Gasteiger charge is -2.03. The van der Waals surface area contributed by atoms with Gasteiger partial charge in [0.1, 0.15) is 6.61 Å². The molecule has 0 aliphatic rings. The Labute approximate surface area is 80.4 Å². The summed E-state index contributed by atoms with van der Waals surface area (Å²) in [5.74, 6) is 0. The van der Waals surface area contributed by atoms with Gasteiger partial charge in [-0.25, -0.2) is 8.78 Å². The van der Waals surface area contributed by atoms with Gasteiger partial charge in [-0.15, -0.1) is 0 Å². The van der Waals surface area contributed by atoms with Crippen LogP contribution in [0.15, 0.2) is 35.2 Å². The van der Waals surface area contributed by atoms with Crippen LogP contribution < -0.4 is 0 Å². The topological polar surface area (TPSA) is 43.4 Å². The zero-order valence-corrected chi connectivity index (χ0v) is 7.88. The van der Waals surface area contributed by atoms with Gasteiger partial charge in [0.2, 0.25) is 0 Å². The van der Waals surface area contributed by atoms with Crippen LogP contribution in [-0.4, -0.2) is 21.5 Å². The summed E-state index contributed by atoms with van der Waals surface area (Å²) in [6, 6.07) is 7.14. The molecule has 0 aliphatic carbocycles. The molecule has 0 bridgehead atoms. The maximum atomic E-state index is 11.7. The van der Waals surface area contributed by atoms with Crippen LogP contribution in [-0.2, 0) is 14.3 Å². The summed E-state index contributed by atoms with van der Waals surface area (Å²) in [6.07, 6.45) is -2.80. The van der Waals surface area contributed by atoms with Gasteiger partial charge in [-0.3, -0.25) is 4.18 Å². The minimum atomic E-state index is -4.04. The molecule has 6 heteroatoms. The zero-order chi connectivity index (χ0) is 10.6. The first-order chi connectivity index (χ1) is 6.52. The molecule has 0 spiro atoms. The van der Waals surface area contributed by atoms with E-state index in [1.54, 1.807) is 6.07 Å². The van der Waals surface area contributed by atoms with Crippen molar-refractivity contribution < 1.29 is 21.4 Å². The number of hydrogen-bond donors (Lipinski definition) is 0. The average Bonchev–Trinajstić information content (AvgIpc) is 2.16. The summed E-state index contributed by atoms with van der Waals surface area (Å²) in [4.78, 5) is -0.124. The first-order valence-corrected chi connectivity index (χ1v) is 5.16. The molecule has 0 radical (unpaired) electrons. The van der Waals surface area contributed by atoms with E-state index in [-0.39, 0.29) is 4.90 Å². The smallest absolute Gasteiger partial charge is 0.260 e. The second-order valence-corrected chi connectivity index (χ2v) is 4.06. The minimum absolute atomic E-state index is 0.124. The Hall–Kier alpha value is -1.01. The van der Waals surface area contributed by atoms with Crippen LogP contribution in [0.3, 0.4) is 0 Å². The van der Waals surface area contributed by atoms with Crippen molar-refractivity contribution in [1.29, 1.82) is 0 Å². The van der Waals surface area contributed by atoms with Gasteiger partial charge in [0.25, 0.3) is 16.5 Å². The van der Waals surface area contributed by atoms with Gasteiger partial charge in [-0.05, 0) is 12.1 Å². The first-order valence-electron chi connectivity index (χ1n) is 3.75. The molecule has 0 unspecified atom stereocenters. The molecule has 0 amide bonds. The average molecular weight is 222 g/mol. The van der Waals surface area contributed by atoms with Crippen LogP contribution in [0.5, 0.6) is 0 Å². The maximum Gasteiger partial charge on any atom is 0.297 e. The van der Waals surface area contributed by atoms with Crippen molar-refractivity contribution in [2.75, 3.05) is 6.61 Å². The summed E-state index contributed by atoms with van der Waals surface area (Å²) < 4.78 is 49.8. The lowest BCUT2D eigenvalue weighted by molar-refractivity contribution is 0.0848. The van der Waals surface area contributed by atoms with Gasteiger partial charge in [0, 0.05) is 0 Å². The van der Waals surface area contributed by atoms with Gasteiger partial charge in [0.15, 0.2) is 0 Å². The third-order valence-corrected chi connectivity index (χ3v) is 2.68. The number of alkyl halides is 2. The predicted octanol–water partition coefficient (Wildman–Crippen LogP) is 1.66. The third-order valence-electron chi connectivity index (χ3n) is 1.38. The zero-order valence-electron chi connectivity index (χ0n) is 7.06. The van der Waals surface area contributed by atoms with E-state index in [0.29, 0.717) is 0 Å². The molecule has 0 heterocycles. The highest BCUT2D eigenvalue weighted by molar-refractivity contribution is 7.86. The third kappa shape index (κ3) is 3.04. The Morgan fingerprint density at radius 2 is 1.79 bits per heavy atom. The van der Waals surface area contributed by atoms with Crippen LogP contribution in [0.1, 0.15) is 0 Å². The van der Waals surface area contributed by atoms with Gasteiger partial charge < -0.3 is 0 Å². The molecule has 0 saturated carbocycles. The summed E-state index contributed by atoms with van der Waals surface area (Å²) in [5, 5.41) is 0. The number of rotatable bonds is 4. The van der Waals surface area contributed by atoms with E-state index in [2.05, 4.69) is 4.18 Å². The van der Waals surface area contributed by atoms with Crippen molar-refractivity contribution in [3.05, 3.63) is 30.3 Å². The van der Waals surface area contributed by atoms with Crippen LogP contribution in [0.2, 0.25) is 0 Å². The standard InChI is InChI=1S/C8H8F2O3S/c9-8(10)6-13-14(11,12)7-4-2-1-3-5-7/h1-5,8H,6H2. The monoisotopic (exact) mass is 222 g/mol. The fraction of sp³-hybridized carbons (Fsp3) is 0.250. The highest BCUT2D eigenvalue weighted by Gasteiger charge is 2.16. The molecule has 0 fully saturated rings. The highest BCUT2D eigenvalue weighted by Crippen LogP contribution is 2.11. The second kappa shape index (κ2) is 4.47. The summed E-state index contributed by atoms with van der Waals surface area (Å²) in [7, 11) is -4.04. The first kappa shape index (κ1) is 11.1. The molecule has 14 heavy (non-hydrogen) atoms. The van der Waals surface area contributed by atoms with E-state index >= 15 is 0 Å². The van der Waals surface area contributed by atoms with E-state index in [4.69, 9.17) is 0 Å². The molecule has 1 aromatic rings. The van der Waals surface area contributed by atoms with Crippen LogP contribution in [0.4, 0.5) is 8.78 Å². The van der Waals surface area contributed by atoms with Gasteiger partial charge in [0.05, 0.1) is 4.90 Å². The van der Waals surface area contributed by atoms with Gasteiger partial charge >= 0.3 is 0 Å². The molecule has 0 atom stereocenters. The van der Waals surface area contributed by atoms with Crippen molar-refractivity contribution in [2.24, 2.45) is 0 Å². The Balaban J connectivity index is 2.77. The van der Waals surface area contributed by atoms with Crippen molar-refractivity contribution in [3.8, 4) is 0 Å². The molecule has 1 aromatic carbocycles. The Kier molecular flexibility index (Phi) is 3.54. The largest absolute Gasteiger partial charge is 0.297 e. The summed E-state index contributed by atoms with van der Waals surface area (Å²) >= 11 is 0. The van der Waals surface area contributed by atoms with Crippen molar-refractivity contribution >= 4 is 10.1 Å². The van der Waals surface area contributed by atoms with E-state index in [0.717, 1.165) is 0 Å². The van der Waals surface area contributed by atoms with Gasteiger partial charge in [-0.1, -0.05) is 18.2 Å². The van der Waals surface area contributed by atoms with Crippen molar-refractivity contribution in [1.82, 2.24) is 0 Å². The molecule has 0 N–H and O–H groups in total. The molecule has 78 valence electrons. The number of halogens is 2. The Bertz CT molecular complexity index is 375. The quantitative estimate of drug-likeness (QED) is 0.727. The lowest BCUT2D eigenvalue weighted by Crippen LogP contribution is -2.12. The maximum absolute atomic E-state index is 11.7. The number of hydrogen-bond acceptors (Lipinski definition) is 3. The van der Waals surface area contributed by atoms with Crippen molar-refractivity contribution in [2.45, 2.75) is 11.3 Å². The predicted molar refractivity (Wildman–Crippen MR) is 45.6 cm³/mol. The van der Waals surface area contributed by atoms with Gasteiger partial charge in [-0.2, -0.15) is 8.42 Å². The van der Waals surface area contributed by atoms with E-state index in [1.807, 2.05) is 0 Å². The van der Waals surface area contributed by atoms with E-state index in [9.17, 15) is 17.2 Å². The Morgan fingerprint density at radius 1 is 1.21 bits per heavy atom. The fourth-order valence-electron chi connectivity index (χ4n) is 0.796. The summed E-state index contributed by atoms with van der Waals surface area (Å²) in [5.41, 5.74) is 0. The molecule has 0 aromatic heterocycles. The minimum Gasteiger partial charge on any atom is -0.260 e.